The number of hydrogen-bond donors (Lipinski definition) is 1. The largest absolute Gasteiger partial charge is 0.273 e. The van der Waals surface area contributed by atoms with Crippen molar-refractivity contribution in [2.24, 2.45) is 0 Å². The van der Waals surface area contributed by atoms with Crippen LogP contribution >= 0.6 is 11.8 Å². The third-order valence-electron chi connectivity index (χ3n) is 3.34. The molecule has 4 heteroatoms. The molecule has 1 amide bonds. The average Bonchev–Trinajstić information content (AvgIpc) is 2.57. The zero-order valence-electron chi connectivity index (χ0n) is 13.4. The van der Waals surface area contributed by atoms with E-state index in [2.05, 4.69) is 24.5 Å². The Hall–Kier alpha value is -1.78. The maximum Gasteiger partial charge on any atom is 0.244 e. The molecular weight excluding hydrogens is 306 g/mol. The van der Waals surface area contributed by atoms with Crippen molar-refractivity contribution in [2.75, 3.05) is 0 Å². The lowest BCUT2D eigenvalue weighted by Gasteiger charge is -2.15. The molecular formula is C19H23NO2S. The molecule has 0 aromatic heterocycles. The summed E-state index contributed by atoms with van der Waals surface area (Å²) >= 11 is 1.76. The van der Waals surface area contributed by atoms with E-state index in [1.54, 1.807) is 11.8 Å². The summed E-state index contributed by atoms with van der Waals surface area (Å²) in [6.45, 7) is 2.53. The molecule has 0 spiro atoms. The fourth-order valence-electron chi connectivity index (χ4n) is 2.24. The van der Waals surface area contributed by atoms with Gasteiger partial charge in [-0.2, -0.15) is 0 Å². The molecule has 0 fully saturated rings. The molecule has 2 aromatic rings. The Labute approximate surface area is 142 Å². The van der Waals surface area contributed by atoms with Gasteiger partial charge >= 0.3 is 0 Å². The number of benzene rings is 2. The van der Waals surface area contributed by atoms with Gasteiger partial charge in [-0.05, 0) is 24.1 Å². The van der Waals surface area contributed by atoms with Gasteiger partial charge in [0, 0.05) is 16.6 Å². The highest BCUT2D eigenvalue weighted by atomic mass is 32.2. The van der Waals surface area contributed by atoms with Gasteiger partial charge in [0.15, 0.2) is 0 Å². The second-order valence-corrected chi connectivity index (χ2v) is 6.72. The topological polar surface area (TPSA) is 38.3 Å². The number of thioether (sulfide) groups is 1. The van der Waals surface area contributed by atoms with Crippen molar-refractivity contribution in [2.45, 2.75) is 42.9 Å². The quantitative estimate of drug-likeness (QED) is 0.540. The van der Waals surface area contributed by atoms with Gasteiger partial charge in [-0.25, -0.2) is 5.48 Å². The number of hydroxylamine groups is 1. The fraction of sp³-hybridized carbons (Fsp3) is 0.316. The zero-order chi connectivity index (χ0) is 16.3. The van der Waals surface area contributed by atoms with Gasteiger partial charge in [0.25, 0.3) is 0 Å². The van der Waals surface area contributed by atoms with Crippen LogP contribution in [0, 0.1) is 0 Å². The number of carbonyl (C=O) groups is 1. The summed E-state index contributed by atoms with van der Waals surface area (Å²) in [5.41, 5.74) is 3.59. The minimum absolute atomic E-state index is 0.0668. The Morgan fingerprint density at radius 3 is 2.39 bits per heavy atom. The first-order chi connectivity index (χ1) is 11.3. The lowest BCUT2D eigenvalue weighted by molar-refractivity contribution is -0.134. The third kappa shape index (κ3) is 6.89. The Balaban J connectivity index is 1.76. The molecule has 0 bridgehead atoms. The molecule has 2 aromatic carbocycles. The van der Waals surface area contributed by atoms with Gasteiger partial charge in [0.1, 0.15) is 0 Å². The number of carbonyl (C=O) groups excluding carboxylic acids is 1. The summed E-state index contributed by atoms with van der Waals surface area (Å²) in [5, 5.41) is 0.266. The minimum atomic E-state index is -0.0668. The van der Waals surface area contributed by atoms with Gasteiger partial charge < -0.3 is 0 Å². The second-order valence-electron chi connectivity index (χ2n) is 5.35. The number of rotatable bonds is 9. The first kappa shape index (κ1) is 17.6. The monoisotopic (exact) mass is 329 g/mol. The van der Waals surface area contributed by atoms with Gasteiger partial charge in [-0.1, -0.05) is 61.9 Å². The van der Waals surface area contributed by atoms with Crippen LogP contribution in [0.5, 0.6) is 0 Å². The van der Waals surface area contributed by atoms with E-state index in [9.17, 15) is 4.79 Å². The van der Waals surface area contributed by atoms with E-state index in [0.717, 1.165) is 18.4 Å². The van der Waals surface area contributed by atoms with Crippen LogP contribution in [0.2, 0.25) is 0 Å². The number of hydrogen-bond acceptors (Lipinski definition) is 3. The molecule has 122 valence electrons. The van der Waals surface area contributed by atoms with Crippen LogP contribution in [0.15, 0.2) is 65.6 Å². The van der Waals surface area contributed by atoms with Crippen LogP contribution in [-0.2, 0) is 16.2 Å². The highest BCUT2D eigenvalue weighted by molar-refractivity contribution is 8.00. The molecule has 1 atom stereocenters. The van der Waals surface area contributed by atoms with Gasteiger partial charge in [0.2, 0.25) is 5.91 Å². The van der Waals surface area contributed by atoms with E-state index < -0.39 is 0 Å². The highest BCUT2D eigenvalue weighted by Crippen LogP contribution is 2.28. The van der Waals surface area contributed by atoms with E-state index in [-0.39, 0.29) is 11.2 Å². The molecule has 0 heterocycles. The predicted octanol–water partition coefficient (Wildman–Crippen LogP) is 4.59. The molecule has 1 unspecified atom stereocenters. The predicted molar refractivity (Wildman–Crippen MR) is 95.0 cm³/mol. The molecule has 2 rings (SSSR count). The molecule has 1 N–H and O–H groups in total. The highest BCUT2D eigenvalue weighted by Gasteiger charge is 2.14. The van der Waals surface area contributed by atoms with Crippen molar-refractivity contribution >= 4 is 17.7 Å². The van der Waals surface area contributed by atoms with Gasteiger partial charge in [-0.15, -0.1) is 11.8 Å². The summed E-state index contributed by atoms with van der Waals surface area (Å²) in [5.74, 6) is -0.0668. The Kier molecular flexibility index (Phi) is 7.70. The summed E-state index contributed by atoms with van der Waals surface area (Å²) in [4.78, 5) is 18.6. The molecule has 3 nitrogen and oxygen atoms in total. The summed E-state index contributed by atoms with van der Waals surface area (Å²) in [7, 11) is 0. The van der Waals surface area contributed by atoms with Gasteiger partial charge in [0.05, 0.1) is 6.61 Å². The van der Waals surface area contributed by atoms with Crippen molar-refractivity contribution in [1.29, 1.82) is 0 Å². The van der Waals surface area contributed by atoms with E-state index in [4.69, 9.17) is 4.84 Å². The smallest absolute Gasteiger partial charge is 0.244 e. The summed E-state index contributed by atoms with van der Waals surface area (Å²) in [6.07, 6.45) is 2.52. The van der Waals surface area contributed by atoms with E-state index in [0.29, 0.717) is 13.0 Å². The standard InChI is InChI=1S/C19H23NO2S/c1-2-9-18(23-17-12-7-4-8-13-17)14-19(21)20-22-15-16-10-5-3-6-11-16/h3-8,10-13,18H,2,9,14-15H2,1H3,(H,20,21). The molecule has 0 saturated carbocycles. The molecule has 0 aliphatic rings. The fourth-order valence-corrected chi connectivity index (χ4v) is 3.53. The van der Waals surface area contributed by atoms with Crippen LogP contribution in [0.3, 0.4) is 0 Å². The molecule has 0 aliphatic heterocycles. The lowest BCUT2D eigenvalue weighted by atomic mass is 10.2. The number of amides is 1. The molecule has 0 radical (unpaired) electrons. The Morgan fingerprint density at radius 1 is 1.09 bits per heavy atom. The van der Waals surface area contributed by atoms with E-state index >= 15 is 0 Å². The summed E-state index contributed by atoms with van der Waals surface area (Å²) in [6, 6.07) is 20.0. The minimum Gasteiger partial charge on any atom is -0.273 e. The third-order valence-corrected chi connectivity index (χ3v) is 4.62. The first-order valence-electron chi connectivity index (χ1n) is 7.94. The van der Waals surface area contributed by atoms with Gasteiger partial charge in [-0.3, -0.25) is 9.63 Å². The van der Waals surface area contributed by atoms with E-state index in [1.165, 1.54) is 4.90 Å². The molecule has 23 heavy (non-hydrogen) atoms. The van der Waals surface area contributed by atoms with Crippen molar-refractivity contribution in [3.63, 3.8) is 0 Å². The lowest BCUT2D eigenvalue weighted by Crippen LogP contribution is -2.26. The van der Waals surface area contributed by atoms with Crippen LogP contribution in [0.4, 0.5) is 0 Å². The summed E-state index contributed by atoms with van der Waals surface area (Å²) < 4.78 is 0. The first-order valence-corrected chi connectivity index (χ1v) is 8.82. The second kappa shape index (κ2) is 10.1. The van der Waals surface area contributed by atoms with Crippen molar-refractivity contribution in [3.05, 3.63) is 66.2 Å². The van der Waals surface area contributed by atoms with Crippen LogP contribution in [0.25, 0.3) is 0 Å². The zero-order valence-corrected chi connectivity index (χ0v) is 14.2. The average molecular weight is 329 g/mol. The van der Waals surface area contributed by atoms with Crippen molar-refractivity contribution in [1.82, 2.24) is 5.48 Å². The van der Waals surface area contributed by atoms with Crippen molar-refractivity contribution in [3.8, 4) is 0 Å². The van der Waals surface area contributed by atoms with Crippen LogP contribution < -0.4 is 5.48 Å². The van der Waals surface area contributed by atoms with E-state index in [1.807, 2.05) is 48.5 Å². The Bertz CT molecular complexity index is 574. The number of nitrogens with one attached hydrogen (secondary N) is 1. The molecule has 0 saturated heterocycles. The maximum absolute atomic E-state index is 12.1. The normalized spacial score (nSPS) is 11.9. The molecule has 0 aliphatic carbocycles. The Morgan fingerprint density at radius 2 is 1.74 bits per heavy atom. The maximum atomic E-state index is 12.1. The SMILES string of the molecule is CCCC(CC(=O)NOCc1ccccc1)Sc1ccccc1. The van der Waals surface area contributed by atoms with Crippen molar-refractivity contribution < 1.29 is 9.63 Å². The van der Waals surface area contributed by atoms with Crippen LogP contribution in [0.1, 0.15) is 31.7 Å². The van der Waals surface area contributed by atoms with Crippen LogP contribution in [-0.4, -0.2) is 11.2 Å².